The molecule has 0 aliphatic heterocycles. The van der Waals surface area contributed by atoms with Gasteiger partial charge in [0.25, 0.3) is 5.91 Å². The van der Waals surface area contributed by atoms with Gasteiger partial charge in [0.05, 0.1) is 12.2 Å². The topological polar surface area (TPSA) is 51.3 Å². The molecule has 0 fully saturated rings. The zero-order valence-electron chi connectivity index (χ0n) is 11.1. The largest absolute Gasteiger partial charge is 0.454 e. The molecule has 0 bridgehead atoms. The predicted molar refractivity (Wildman–Crippen MR) is 67.5 cm³/mol. The van der Waals surface area contributed by atoms with E-state index in [0.29, 0.717) is 12.3 Å². The first-order chi connectivity index (χ1) is 8.47. The SMILES string of the molecule is Cc1cc(C)n(Cc2ccc(C(=O)N(C)C)o2)n1. The Morgan fingerprint density at radius 3 is 2.67 bits per heavy atom. The molecule has 2 rings (SSSR count). The standard InChI is InChI=1S/C13H17N3O2/c1-9-7-10(2)16(14-9)8-11-5-6-12(18-11)13(17)15(3)4/h5-7H,8H2,1-4H3. The Kier molecular flexibility index (Phi) is 3.23. The van der Waals surface area contributed by atoms with E-state index in [2.05, 4.69) is 5.10 Å². The van der Waals surface area contributed by atoms with E-state index < -0.39 is 0 Å². The van der Waals surface area contributed by atoms with Gasteiger partial charge in [0.1, 0.15) is 5.76 Å². The van der Waals surface area contributed by atoms with Crippen LogP contribution in [0.4, 0.5) is 0 Å². The van der Waals surface area contributed by atoms with Gasteiger partial charge < -0.3 is 9.32 Å². The van der Waals surface area contributed by atoms with Gasteiger partial charge in [-0.15, -0.1) is 0 Å². The number of furan rings is 1. The second-order valence-corrected chi connectivity index (χ2v) is 4.55. The van der Waals surface area contributed by atoms with Crippen molar-refractivity contribution >= 4 is 5.91 Å². The summed E-state index contributed by atoms with van der Waals surface area (Å²) in [6.45, 7) is 4.49. The monoisotopic (exact) mass is 247 g/mol. The van der Waals surface area contributed by atoms with Crippen molar-refractivity contribution in [1.82, 2.24) is 14.7 Å². The minimum atomic E-state index is -0.130. The molecule has 0 spiro atoms. The molecule has 0 unspecified atom stereocenters. The molecule has 0 aliphatic carbocycles. The Morgan fingerprint density at radius 2 is 2.11 bits per heavy atom. The average molecular weight is 247 g/mol. The lowest BCUT2D eigenvalue weighted by molar-refractivity contribution is 0.0794. The van der Waals surface area contributed by atoms with Crippen LogP contribution in [0, 0.1) is 13.8 Å². The van der Waals surface area contributed by atoms with Crippen molar-refractivity contribution in [2.24, 2.45) is 0 Å². The second-order valence-electron chi connectivity index (χ2n) is 4.55. The Hall–Kier alpha value is -2.04. The van der Waals surface area contributed by atoms with Crippen molar-refractivity contribution in [2.45, 2.75) is 20.4 Å². The van der Waals surface area contributed by atoms with E-state index in [9.17, 15) is 4.79 Å². The molecule has 0 radical (unpaired) electrons. The zero-order chi connectivity index (χ0) is 13.3. The number of carbonyl (C=O) groups is 1. The average Bonchev–Trinajstić information content (AvgIpc) is 2.86. The van der Waals surface area contributed by atoms with E-state index in [0.717, 1.165) is 17.1 Å². The molecule has 1 amide bonds. The fourth-order valence-corrected chi connectivity index (χ4v) is 1.78. The Bertz CT molecular complexity index is 567. The van der Waals surface area contributed by atoms with Crippen LogP contribution in [0.15, 0.2) is 22.6 Å². The number of hydrogen-bond donors (Lipinski definition) is 0. The molecule has 0 aromatic carbocycles. The van der Waals surface area contributed by atoms with Crippen molar-refractivity contribution in [2.75, 3.05) is 14.1 Å². The number of rotatable bonds is 3. The number of aryl methyl sites for hydroxylation is 2. The summed E-state index contributed by atoms with van der Waals surface area (Å²) in [6.07, 6.45) is 0. The summed E-state index contributed by atoms with van der Waals surface area (Å²) in [5, 5.41) is 4.36. The summed E-state index contributed by atoms with van der Waals surface area (Å²) >= 11 is 0. The van der Waals surface area contributed by atoms with Crippen LogP contribution in [-0.2, 0) is 6.54 Å². The molecule has 0 saturated carbocycles. The minimum absolute atomic E-state index is 0.130. The van der Waals surface area contributed by atoms with E-state index in [1.54, 1.807) is 20.2 Å². The third-order valence-electron chi connectivity index (χ3n) is 2.69. The molecule has 18 heavy (non-hydrogen) atoms. The van der Waals surface area contributed by atoms with E-state index in [-0.39, 0.29) is 5.91 Å². The molecular weight excluding hydrogens is 230 g/mol. The molecule has 0 N–H and O–H groups in total. The highest BCUT2D eigenvalue weighted by molar-refractivity contribution is 5.91. The number of aromatic nitrogens is 2. The fraction of sp³-hybridized carbons (Fsp3) is 0.385. The number of hydrogen-bond acceptors (Lipinski definition) is 3. The van der Waals surface area contributed by atoms with Crippen LogP contribution in [0.1, 0.15) is 27.7 Å². The maximum atomic E-state index is 11.7. The van der Waals surface area contributed by atoms with Crippen LogP contribution in [-0.4, -0.2) is 34.7 Å². The highest BCUT2D eigenvalue weighted by Gasteiger charge is 2.13. The maximum Gasteiger partial charge on any atom is 0.289 e. The third-order valence-corrected chi connectivity index (χ3v) is 2.69. The van der Waals surface area contributed by atoms with Crippen LogP contribution >= 0.6 is 0 Å². The Labute approximate surface area is 106 Å². The normalized spacial score (nSPS) is 10.7. The third kappa shape index (κ3) is 2.45. The van der Waals surface area contributed by atoms with Gasteiger partial charge >= 0.3 is 0 Å². The van der Waals surface area contributed by atoms with Crippen molar-refractivity contribution in [3.05, 3.63) is 41.1 Å². The first-order valence-electron chi connectivity index (χ1n) is 5.79. The molecule has 2 heterocycles. The number of carbonyl (C=O) groups excluding carboxylic acids is 1. The van der Waals surface area contributed by atoms with E-state index in [1.807, 2.05) is 30.7 Å². The lowest BCUT2D eigenvalue weighted by Crippen LogP contribution is -2.20. The van der Waals surface area contributed by atoms with Crippen LogP contribution < -0.4 is 0 Å². The Morgan fingerprint density at radius 1 is 1.39 bits per heavy atom. The van der Waals surface area contributed by atoms with Gasteiger partial charge in [0.15, 0.2) is 5.76 Å². The van der Waals surface area contributed by atoms with E-state index >= 15 is 0 Å². The molecule has 2 aromatic rings. The summed E-state index contributed by atoms with van der Waals surface area (Å²) < 4.78 is 7.38. The van der Waals surface area contributed by atoms with Crippen LogP contribution in [0.5, 0.6) is 0 Å². The molecule has 96 valence electrons. The predicted octanol–water partition coefficient (Wildman–Crippen LogP) is 1.84. The smallest absolute Gasteiger partial charge is 0.289 e. The van der Waals surface area contributed by atoms with Gasteiger partial charge in [-0.25, -0.2) is 0 Å². The first-order valence-corrected chi connectivity index (χ1v) is 5.79. The lowest BCUT2D eigenvalue weighted by Gasteiger charge is -2.07. The number of amides is 1. The van der Waals surface area contributed by atoms with Gasteiger partial charge in [0, 0.05) is 19.8 Å². The Balaban J connectivity index is 2.16. The molecule has 2 aromatic heterocycles. The number of nitrogens with zero attached hydrogens (tertiary/aromatic N) is 3. The summed E-state index contributed by atoms with van der Waals surface area (Å²) in [7, 11) is 3.40. The van der Waals surface area contributed by atoms with E-state index in [4.69, 9.17) is 4.42 Å². The summed E-state index contributed by atoms with van der Waals surface area (Å²) in [6, 6.07) is 5.52. The van der Waals surface area contributed by atoms with Crippen LogP contribution in [0.2, 0.25) is 0 Å². The molecule has 5 heteroatoms. The molecule has 0 aliphatic rings. The van der Waals surface area contributed by atoms with Gasteiger partial charge in [-0.1, -0.05) is 0 Å². The van der Waals surface area contributed by atoms with Crippen molar-refractivity contribution in [1.29, 1.82) is 0 Å². The lowest BCUT2D eigenvalue weighted by atomic mass is 10.4. The van der Waals surface area contributed by atoms with Crippen LogP contribution in [0.25, 0.3) is 0 Å². The molecule has 5 nitrogen and oxygen atoms in total. The van der Waals surface area contributed by atoms with Crippen molar-refractivity contribution < 1.29 is 9.21 Å². The highest BCUT2D eigenvalue weighted by atomic mass is 16.4. The maximum absolute atomic E-state index is 11.7. The van der Waals surface area contributed by atoms with Crippen LogP contribution in [0.3, 0.4) is 0 Å². The molecule has 0 saturated heterocycles. The van der Waals surface area contributed by atoms with E-state index in [1.165, 1.54) is 4.90 Å². The quantitative estimate of drug-likeness (QED) is 0.831. The highest BCUT2D eigenvalue weighted by Crippen LogP contribution is 2.12. The molecule has 0 atom stereocenters. The minimum Gasteiger partial charge on any atom is -0.454 e. The van der Waals surface area contributed by atoms with Gasteiger partial charge in [0.2, 0.25) is 0 Å². The summed E-state index contributed by atoms with van der Waals surface area (Å²) in [5.41, 5.74) is 2.05. The van der Waals surface area contributed by atoms with Crippen molar-refractivity contribution in [3.8, 4) is 0 Å². The zero-order valence-corrected chi connectivity index (χ0v) is 11.1. The first kappa shape index (κ1) is 12.4. The second kappa shape index (κ2) is 4.68. The summed E-state index contributed by atoms with van der Waals surface area (Å²) in [4.78, 5) is 13.2. The van der Waals surface area contributed by atoms with Crippen molar-refractivity contribution in [3.63, 3.8) is 0 Å². The fourth-order valence-electron chi connectivity index (χ4n) is 1.78. The van der Waals surface area contributed by atoms with Gasteiger partial charge in [-0.2, -0.15) is 5.10 Å². The molecular formula is C13H17N3O2. The van der Waals surface area contributed by atoms with Gasteiger partial charge in [-0.3, -0.25) is 9.48 Å². The van der Waals surface area contributed by atoms with Gasteiger partial charge in [-0.05, 0) is 32.0 Å². The summed E-state index contributed by atoms with van der Waals surface area (Å²) in [5.74, 6) is 0.956.